The van der Waals surface area contributed by atoms with Gasteiger partial charge in [-0.1, -0.05) is 0 Å². The first-order valence-electron chi connectivity index (χ1n) is 2.75. The van der Waals surface area contributed by atoms with E-state index in [0.717, 1.165) is 0 Å². The lowest BCUT2D eigenvalue weighted by Crippen LogP contribution is -2.06. The van der Waals surface area contributed by atoms with Crippen molar-refractivity contribution in [1.29, 1.82) is 0 Å². The molecule has 44 valence electrons. The van der Waals surface area contributed by atoms with Crippen LogP contribution in [0.4, 0.5) is 0 Å². The summed E-state index contributed by atoms with van der Waals surface area (Å²) >= 11 is 0. The molecule has 2 heteroatoms. The first-order chi connectivity index (χ1) is 3.12. The molecule has 0 heterocycles. The van der Waals surface area contributed by atoms with Crippen molar-refractivity contribution in [3.63, 3.8) is 0 Å². The van der Waals surface area contributed by atoms with Gasteiger partial charge in [-0.05, 0) is 13.8 Å². The molecule has 0 aliphatic carbocycles. The van der Waals surface area contributed by atoms with E-state index in [-0.39, 0.29) is 0 Å². The Bertz CT molecular complexity index is 46.0. The lowest BCUT2D eigenvalue weighted by molar-refractivity contribution is 1.35. The molecule has 0 aromatic rings. The standard InChI is InChI=1S/C5H15NP/c1-4-7(3,6)5-2/h4-6H2,1-3H3/q+1. The van der Waals surface area contributed by atoms with Gasteiger partial charge >= 0.3 is 0 Å². The lowest BCUT2D eigenvalue weighted by Gasteiger charge is -2.10. The minimum absolute atomic E-state index is 0.904. The molecule has 7 heavy (non-hydrogen) atoms. The molecule has 0 amide bonds. The molecule has 0 saturated heterocycles. The van der Waals surface area contributed by atoms with Gasteiger partial charge in [0.1, 0.15) is 0 Å². The smallest absolute Gasteiger partial charge is 0.0733 e. The van der Waals surface area contributed by atoms with E-state index in [1.54, 1.807) is 0 Å². The third-order valence-corrected chi connectivity index (χ3v) is 4.33. The largest absolute Gasteiger partial charge is 0.205 e. The topological polar surface area (TPSA) is 26.0 Å². The van der Waals surface area contributed by atoms with Gasteiger partial charge in [-0.3, -0.25) is 0 Å². The van der Waals surface area contributed by atoms with Crippen LogP contribution in [0.2, 0.25) is 0 Å². The minimum atomic E-state index is -0.904. The zero-order valence-corrected chi connectivity index (χ0v) is 6.33. The summed E-state index contributed by atoms with van der Waals surface area (Å²) in [5.41, 5.74) is 5.83. The van der Waals surface area contributed by atoms with Gasteiger partial charge in [0.05, 0.1) is 26.4 Å². The predicted molar refractivity (Wildman–Crippen MR) is 38.1 cm³/mol. The van der Waals surface area contributed by atoms with Crippen molar-refractivity contribution in [3.8, 4) is 0 Å². The van der Waals surface area contributed by atoms with Gasteiger partial charge in [-0.2, -0.15) is 0 Å². The Morgan fingerprint density at radius 3 is 1.57 bits per heavy atom. The maximum absolute atomic E-state index is 5.83. The van der Waals surface area contributed by atoms with Crippen LogP contribution >= 0.6 is 7.41 Å². The Labute approximate surface area is 46.7 Å². The van der Waals surface area contributed by atoms with Gasteiger partial charge in [-0.25, -0.2) is 5.50 Å². The summed E-state index contributed by atoms with van der Waals surface area (Å²) in [7, 11) is -0.904. The van der Waals surface area contributed by atoms with Crippen molar-refractivity contribution in [2.75, 3.05) is 19.0 Å². The molecule has 0 bridgehead atoms. The van der Waals surface area contributed by atoms with E-state index >= 15 is 0 Å². The molecule has 0 rings (SSSR count). The molecule has 0 atom stereocenters. The fraction of sp³-hybridized carbons (Fsp3) is 1.00. The highest BCUT2D eigenvalue weighted by Gasteiger charge is 2.18. The highest BCUT2D eigenvalue weighted by molar-refractivity contribution is 7.72. The fourth-order valence-corrected chi connectivity index (χ4v) is 0.671. The predicted octanol–water partition coefficient (Wildman–Crippen LogP) is 1.55. The Hall–Kier alpha value is 0.390. The average molecular weight is 120 g/mol. The zero-order valence-electron chi connectivity index (χ0n) is 5.44. The van der Waals surface area contributed by atoms with Gasteiger partial charge in [0.15, 0.2) is 0 Å². The van der Waals surface area contributed by atoms with Gasteiger partial charge in [-0.15, -0.1) is 0 Å². The summed E-state index contributed by atoms with van der Waals surface area (Å²) in [6, 6.07) is 0. The average Bonchev–Trinajstić information content (AvgIpc) is 1.68. The first-order valence-corrected chi connectivity index (χ1v) is 5.43. The van der Waals surface area contributed by atoms with Crippen LogP contribution in [-0.4, -0.2) is 19.0 Å². The van der Waals surface area contributed by atoms with Crippen LogP contribution in [0, 0.1) is 0 Å². The van der Waals surface area contributed by atoms with Crippen molar-refractivity contribution < 1.29 is 0 Å². The van der Waals surface area contributed by atoms with E-state index in [2.05, 4.69) is 20.5 Å². The molecule has 0 fully saturated rings. The monoisotopic (exact) mass is 120 g/mol. The van der Waals surface area contributed by atoms with E-state index in [1.165, 1.54) is 12.3 Å². The second-order valence-electron chi connectivity index (χ2n) is 2.11. The quantitative estimate of drug-likeness (QED) is 0.550. The number of hydrogen-bond donors (Lipinski definition) is 1. The van der Waals surface area contributed by atoms with Crippen molar-refractivity contribution >= 4 is 7.41 Å². The molecule has 0 unspecified atom stereocenters. The molecule has 0 radical (unpaired) electrons. The Kier molecular flexibility index (Phi) is 2.78. The first kappa shape index (κ1) is 7.39. The van der Waals surface area contributed by atoms with Gasteiger partial charge < -0.3 is 0 Å². The number of nitrogens with two attached hydrogens (primary N) is 1. The van der Waals surface area contributed by atoms with Gasteiger partial charge in [0.25, 0.3) is 0 Å². The Morgan fingerprint density at radius 1 is 1.29 bits per heavy atom. The Balaban J connectivity index is 3.36. The fourth-order valence-electron chi connectivity index (χ4n) is 0.224. The maximum atomic E-state index is 5.83. The van der Waals surface area contributed by atoms with Crippen LogP contribution in [-0.2, 0) is 0 Å². The maximum Gasteiger partial charge on any atom is 0.0733 e. The molecule has 0 aromatic carbocycles. The highest BCUT2D eigenvalue weighted by Crippen LogP contribution is 2.44. The van der Waals surface area contributed by atoms with Crippen LogP contribution < -0.4 is 5.50 Å². The second-order valence-corrected chi connectivity index (χ2v) is 6.34. The van der Waals surface area contributed by atoms with Crippen molar-refractivity contribution in [2.45, 2.75) is 13.8 Å². The third-order valence-electron chi connectivity index (χ3n) is 1.44. The van der Waals surface area contributed by atoms with E-state index in [0.29, 0.717) is 0 Å². The van der Waals surface area contributed by atoms with E-state index in [4.69, 9.17) is 5.50 Å². The summed E-state index contributed by atoms with van der Waals surface area (Å²) in [5.74, 6) is 0. The van der Waals surface area contributed by atoms with Gasteiger partial charge in [0, 0.05) is 0 Å². The normalized spacial score (nSPS) is 12.0. The van der Waals surface area contributed by atoms with Crippen LogP contribution in [0.3, 0.4) is 0 Å². The SMILES string of the molecule is CC[P+](C)(N)CC. The third kappa shape index (κ3) is 3.02. The number of rotatable bonds is 2. The van der Waals surface area contributed by atoms with Gasteiger partial charge in [0.2, 0.25) is 0 Å². The van der Waals surface area contributed by atoms with Crippen LogP contribution in [0.5, 0.6) is 0 Å². The molecule has 0 saturated carbocycles. The summed E-state index contributed by atoms with van der Waals surface area (Å²) < 4.78 is 0. The highest BCUT2D eigenvalue weighted by atomic mass is 31.2. The molecule has 0 spiro atoms. The van der Waals surface area contributed by atoms with E-state index in [1.807, 2.05) is 0 Å². The van der Waals surface area contributed by atoms with Crippen LogP contribution in [0.15, 0.2) is 0 Å². The van der Waals surface area contributed by atoms with Crippen molar-refractivity contribution in [2.24, 2.45) is 5.50 Å². The summed E-state index contributed by atoms with van der Waals surface area (Å²) in [6.45, 7) is 6.52. The zero-order chi connectivity index (χ0) is 5.91. The Morgan fingerprint density at radius 2 is 1.57 bits per heavy atom. The molecule has 0 aliphatic heterocycles. The minimum Gasteiger partial charge on any atom is -0.205 e. The number of hydrogen-bond acceptors (Lipinski definition) is 1. The van der Waals surface area contributed by atoms with Crippen LogP contribution in [0.25, 0.3) is 0 Å². The van der Waals surface area contributed by atoms with E-state index < -0.39 is 7.41 Å². The van der Waals surface area contributed by atoms with E-state index in [9.17, 15) is 0 Å². The summed E-state index contributed by atoms with van der Waals surface area (Å²) in [4.78, 5) is 0. The summed E-state index contributed by atoms with van der Waals surface area (Å²) in [5, 5.41) is 0. The lowest BCUT2D eigenvalue weighted by atomic mass is 11.0. The van der Waals surface area contributed by atoms with Crippen molar-refractivity contribution in [3.05, 3.63) is 0 Å². The summed E-state index contributed by atoms with van der Waals surface area (Å²) in [6.07, 6.45) is 2.37. The second kappa shape index (κ2) is 2.64. The van der Waals surface area contributed by atoms with Crippen LogP contribution in [0.1, 0.15) is 13.8 Å². The molecular weight excluding hydrogens is 105 g/mol. The van der Waals surface area contributed by atoms with Crippen molar-refractivity contribution in [1.82, 2.24) is 0 Å². The molecule has 0 aliphatic rings. The molecular formula is C5H15NP+. The molecule has 0 aromatic heterocycles. The molecule has 2 N–H and O–H groups in total. The molecule has 1 nitrogen and oxygen atoms in total.